The van der Waals surface area contributed by atoms with E-state index >= 15 is 0 Å². The number of carbonyl (C=O) groups excluding carboxylic acids is 3. The molecule has 0 saturated carbocycles. The van der Waals surface area contributed by atoms with Crippen molar-refractivity contribution < 1.29 is 29.0 Å². The van der Waals surface area contributed by atoms with E-state index in [4.69, 9.17) is 9.47 Å². The first-order chi connectivity index (χ1) is 16.8. The fourth-order valence-corrected chi connectivity index (χ4v) is 6.26. The van der Waals surface area contributed by atoms with Crippen molar-refractivity contribution in [1.82, 2.24) is 9.80 Å². The third-order valence-electron chi connectivity index (χ3n) is 7.68. The van der Waals surface area contributed by atoms with Crippen LogP contribution in [0.1, 0.15) is 39.2 Å². The summed E-state index contributed by atoms with van der Waals surface area (Å²) in [7, 11) is 0. The number of amides is 2. The number of nitrogens with zero attached hydrogens (tertiary/aromatic N) is 2. The van der Waals surface area contributed by atoms with Crippen LogP contribution in [0.2, 0.25) is 0 Å². The minimum absolute atomic E-state index is 0.131. The Morgan fingerprint density at radius 2 is 2.06 bits per heavy atom. The summed E-state index contributed by atoms with van der Waals surface area (Å²) < 4.78 is 11.8. The first kappa shape index (κ1) is 25.4. The van der Waals surface area contributed by atoms with Crippen LogP contribution in [0.4, 0.5) is 0 Å². The van der Waals surface area contributed by atoms with Crippen LogP contribution in [0.3, 0.4) is 0 Å². The number of aliphatic hydroxyl groups excluding tert-OH is 1. The zero-order valence-corrected chi connectivity index (χ0v) is 20.8. The van der Waals surface area contributed by atoms with Crippen LogP contribution in [0, 0.1) is 11.8 Å². The Morgan fingerprint density at radius 3 is 2.66 bits per heavy atom. The van der Waals surface area contributed by atoms with E-state index in [9.17, 15) is 19.5 Å². The lowest BCUT2D eigenvalue weighted by molar-refractivity contribution is -0.156. The lowest BCUT2D eigenvalue weighted by Crippen LogP contribution is -2.60. The number of carbonyl (C=O) groups is 3. The van der Waals surface area contributed by atoms with Crippen molar-refractivity contribution >= 4 is 17.8 Å². The fourth-order valence-electron chi connectivity index (χ4n) is 6.26. The summed E-state index contributed by atoms with van der Waals surface area (Å²) in [4.78, 5) is 44.4. The highest BCUT2D eigenvalue weighted by molar-refractivity contribution is 5.98. The van der Waals surface area contributed by atoms with Gasteiger partial charge in [0.05, 0.1) is 37.2 Å². The van der Waals surface area contributed by atoms with Crippen LogP contribution >= 0.6 is 0 Å². The van der Waals surface area contributed by atoms with Crippen molar-refractivity contribution in [3.05, 3.63) is 48.6 Å². The number of likely N-dealkylation sites (tertiary alicyclic amines) is 1. The Labute approximate surface area is 206 Å². The standard InChI is InChI=1S/C27H36N2O6/c1-5-14-28(17(3)4)25(32)23-27-13-12-20(35-27)21(26(33)34-6-2)22(27)24(31)29(23)19(16-30)15-18-10-8-7-9-11-18/h5,7-11,17,19-23,30H,1,6,12-16H2,2-4H3/t19-,20+,21-,22+,23?,27?/m1/s1. The number of hydrogen-bond acceptors (Lipinski definition) is 6. The molecule has 190 valence electrons. The average Bonchev–Trinajstić information content (AvgIpc) is 3.48. The molecular formula is C27H36N2O6. The van der Waals surface area contributed by atoms with Crippen LogP contribution in [0.5, 0.6) is 0 Å². The van der Waals surface area contributed by atoms with E-state index in [1.807, 2.05) is 44.2 Å². The smallest absolute Gasteiger partial charge is 0.312 e. The molecule has 8 nitrogen and oxygen atoms in total. The van der Waals surface area contributed by atoms with Gasteiger partial charge in [0, 0.05) is 12.6 Å². The van der Waals surface area contributed by atoms with Gasteiger partial charge in [-0.05, 0) is 45.6 Å². The predicted octanol–water partition coefficient (Wildman–Crippen LogP) is 1.95. The number of hydrogen-bond donors (Lipinski definition) is 1. The molecule has 0 aromatic heterocycles. The molecule has 6 atom stereocenters. The number of esters is 1. The molecule has 2 amide bonds. The van der Waals surface area contributed by atoms with E-state index in [0.717, 1.165) is 5.56 Å². The molecular weight excluding hydrogens is 448 g/mol. The van der Waals surface area contributed by atoms with Crippen molar-refractivity contribution in [2.24, 2.45) is 11.8 Å². The third-order valence-corrected chi connectivity index (χ3v) is 7.68. The maximum Gasteiger partial charge on any atom is 0.312 e. The summed E-state index contributed by atoms with van der Waals surface area (Å²) in [5, 5.41) is 10.4. The predicted molar refractivity (Wildman–Crippen MR) is 129 cm³/mol. The second-order valence-electron chi connectivity index (χ2n) is 9.95. The van der Waals surface area contributed by atoms with Crippen LogP contribution in [0.25, 0.3) is 0 Å². The van der Waals surface area contributed by atoms with Crippen molar-refractivity contribution in [1.29, 1.82) is 0 Å². The van der Waals surface area contributed by atoms with Gasteiger partial charge in [0.25, 0.3) is 0 Å². The second-order valence-corrected chi connectivity index (χ2v) is 9.95. The van der Waals surface area contributed by atoms with Crippen LogP contribution < -0.4 is 0 Å². The number of fused-ring (bicyclic) bond motifs is 1. The Morgan fingerprint density at radius 1 is 1.34 bits per heavy atom. The third kappa shape index (κ3) is 4.16. The van der Waals surface area contributed by atoms with E-state index in [2.05, 4.69) is 6.58 Å². The quantitative estimate of drug-likeness (QED) is 0.403. The van der Waals surface area contributed by atoms with Gasteiger partial charge in [-0.25, -0.2) is 0 Å². The molecule has 3 fully saturated rings. The molecule has 3 aliphatic heterocycles. The molecule has 1 N–H and O–H groups in total. The summed E-state index contributed by atoms with van der Waals surface area (Å²) in [6.07, 6.45) is 2.67. The molecule has 0 radical (unpaired) electrons. The minimum atomic E-state index is -1.12. The van der Waals surface area contributed by atoms with Crippen molar-refractivity contribution in [3.63, 3.8) is 0 Å². The molecule has 1 aromatic carbocycles. The topological polar surface area (TPSA) is 96.4 Å². The van der Waals surface area contributed by atoms with Crippen molar-refractivity contribution in [2.75, 3.05) is 19.8 Å². The molecule has 3 saturated heterocycles. The van der Waals surface area contributed by atoms with Crippen molar-refractivity contribution in [3.8, 4) is 0 Å². The van der Waals surface area contributed by atoms with Gasteiger partial charge in [-0.3, -0.25) is 14.4 Å². The summed E-state index contributed by atoms with van der Waals surface area (Å²) in [6, 6.07) is 7.86. The summed E-state index contributed by atoms with van der Waals surface area (Å²) in [6.45, 7) is 9.57. The number of ether oxygens (including phenoxy) is 2. The van der Waals surface area contributed by atoms with Gasteiger partial charge in [0.1, 0.15) is 11.6 Å². The average molecular weight is 485 g/mol. The van der Waals surface area contributed by atoms with Gasteiger partial charge < -0.3 is 24.4 Å². The maximum absolute atomic E-state index is 14.1. The van der Waals surface area contributed by atoms with Gasteiger partial charge in [0.2, 0.25) is 11.8 Å². The highest BCUT2D eigenvalue weighted by atomic mass is 16.6. The molecule has 2 bridgehead atoms. The Kier molecular flexibility index (Phi) is 7.33. The van der Waals surface area contributed by atoms with E-state index in [1.165, 1.54) is 4.90 Å². The summed E-state index contributed by atoms with van der Waals surface area (Å²) in [5.41, 5.74) is -0.173. The molecule has 1 spiro atoms. The molecule has 2 unspecified atom stereocenters. The molecule has 1 aromatic rings. The van der Waals surface area contributed by atoms with Crippen LogP contribution in [-0.2, 0) is 30.3 Å². The normalized spacial score (nSPS) is 29.9. The summed E-state index contributed by atoms with van der Waals surface area (Å²) in [5.74, 6) is -2.58. The number of benzene rings is 1. The zero-order valence-electron chi connectivity index (χ0n) is 20.8. The van der Waals surface area contributed by atoms with Gasteiger partial charge in [0.15, 0.2) is 0 Å². The minimum Gasteiger partial charge on any atom is -0.466 e. The summed E-state index contributed by atoms with van der Waals surface area (Å²) >= 11 is 0. The Hall–Kier alpha value is -2.71. The number of rotatable bonds is 10. The molecule has 0 aliphatic carbocycles. The van der Waals surface area contributed by atoms with Gasteiger partial charge in [-0.2, -0.15) is 0 Å². The Bertz CT molecular complexity index is 966. The first-order valence-corrected chi connectivity index (χ1v) is 12.5. The molecule has 3 heterocycles. The van der Waals surface area contributed by atoms with E-state index in [1.54, 1.807) is 17.9 Å². The Balaban J connectivity index is 1.79. The second kappa shape index (κ2) is 10.1. The maximum atomic E-state index is 14.1. The molecule has 3 aliphatic rings. The number of aliphatic hydroxyl groups is 1. The SMILES string of the molecule is C=CCN(C(=O)C1N([C@@H](CO)Cc2ccccc2)C(=O)[C@@H]2[C@H](C(=O)OCC)[C@@H]3CCC12O3)C(C)C. The van der Waals surface area contributed by atoms with Gasteiger partial charge in [-0.1, -0.05) is 36.4 Å². The monoisotopic (exact) mass is 484 g/mol. The highest BCUT2D eigenvalue weighted by Gasteiger charge is 2.75. The van der Waals surface area contributed by atoms with Gasteiger partial charge >= 0.3 is 5.97 Å². The van der Waals surface area contributed by atoms with Crippen LogP contribution in [0.15, 0.2) is 43.0 Å². The lowest BCUT2D eigenvalue weighted by atomic mass is 9.70. The van der Waals surface area contributed by atoms with E-state index in [0.29, 0.717) is 25.8 Å². The molecule has 4 rings (SSSR count). The highest BCUT2D eigenvalue weighted by Crippen LogP contribution is 2.59. The van der Waals surface area contributed by atoms with Gasteiger partial charge in [-0.15, -0.1) is 6.58 Å². The fraction of sp³-hybridized carbons (Fsp3) is 0.593. The first-order valence-electron chi connectivity index (χ1n) is 12.5. The van der Waals surface area contributed by atoms with E-state index in [-0.39, 0.29) is 31.1 Å². The molecule has 8 heteroatoms. The largest absolute Gasteiger partial charge is 0.466 e. The van der Waals surface area contributed by atoms with E-state index < -0.39 is 41.6 Å². The zero-order chi connectivity index (χ0) is 25.3. The molecule has 35 heavy (non-hydrogen) atoms. The van der Waals surface area contributed by atoms with Crippen LogP contribution in [-0.4, -0.2) is 82.3 Å². The van der Waals surface area contributed by atoms with Crippen molar-refractivity contribution in [2.45, 2.75) is 69.9 Å². The lowest BCUT2D eigenvalue weighted by Gasteiger charge is -2.40.